The Morgan fingerprint density at radius 3 is 2.45 bits per heavy atom. The number of aliphatic hydroxyl groups excluding tert-OH is 1. The van der Waals surface area contributed by atoms with Gasteiger partial charge in [0.15, 0.2) is 0 Å². The molecule has 1 N–H and O–H groups in total. The maximum Gasteiger partial charge on any atom is 0.411 e. The molecular formula is C23H31NO5. The first-order valence-electron chi connectivity index (χ1n) is 10.3. The third-order valence-electron chi connectivity index (χ3n) is 5.54. The van der Waals surface area contributed by atoms with Gasteiger partial charge in [-0.1, -0.05) is 24.3 Å². The van der Waals surface area contributed by atoms with E-state index in [9.17, 15) is 9.59 Å². The molecule has 2 atom stereocenters. The van der Waals surface area contributed by atoms with Crippen molar-refractivity contribution in [3.8, 4) is 0 Å². The number of rotatable bonds is 5. The van der Waals surface area contributed by atoms with Crippen molar-refractivity contribution in [1.29, 1.82) is 0 Å². The number of fused-ring (bicyclic) bond motifs is 2. The van der Waals surface area contributed by atoms with E-state index in [-0.39, 0.29) is 30.8 Å². The Kier molecular flexibility index (Phi) is 6.32. The number of benzene rings is 1. The zero-order chi connectivity index (χ0) is 21.2. The highest BCUT2D eigenvalue weighted by molar-refractivity contribution is 6.00. The summed E-state index contributed by atoms with van der Waals surface area (Å²) in [4.78, 5) is 27.3. The van der Waals surface area contributed by atoms with Crippen LogP contribution in [0.25, 0.3) is 5.57 Å². The molecule has 158 valence electrons. The fraction of sp³-hybridized carbons (Fsp3) is 0.565. The molecule has 2 bridgehead atoms. The number of nitrogens with zero attached hydrogens (tertiary/aromatic N) is 1. The Morgan fingerprint density at radius 2 is 1.86 bits per heavy atom. The highest BCUT2D eigenvalue weighted by atomic mass is 16.6. The molecule has 1 amide bonds. The van der Waals surface area contributed by atoms with Crippen LogP contribution < -0.4 is 0 Å². The van der Waals surface area contributed by atoms with Gasteiger partial charge in [-0.3, -0.25) is 4.90 Å². The van der Waals surface area contributed by atoms with Crippen molar-refractivity contribution in [2.24, 2.45) is 0 Å². The van der Waals surface area contributed by atoms with E-state index in [1.54, 1.807) is 4.90 Å². The SMILES string of the molecule is COC(=O)C1=C(c2ccc(CCCO)cc2)CC2CCC1N2C(=O)OC(C)(C)C. The summed E-state index contributed by atoms with van der Waals surface area (Å²) in [5, 5.41) is 9.01. The third-order valence-corrected chi connectivity index (χ3v) is 5.54. The van der Waals surface area contributed by atoms with Gasteiger partial charge in [0.1, 0.15) is 5.60 Å². The highest BCUT2D eigenvalue weighted by Crippen LogP contribution is 2.44. The van der Waals surface area contributed by atoms with Crippen LogP contribution in [0.5, 0.6) is 0 Å². The number of aliphatic hydroxyl groups is 1. The van der Waals surface area contributed by atoms with E-state index in [1.807, 2.05) is 45.0 Å². The number of ether oxygens (including phenoxy) is 2. The first-order chi connectivity index (χ1) is 13.7. The van der Waals surface area contributed by atoms with Gasteiger partial charge in [0.2, 0.25) is 0 Å². The molecule has 1 aromatic carbocycles. The largest absolute Gasteiger partial charge is 0.466 e. The van der Waals surface area contributed by atoms with Gasteiger partial charge in [-0.2, -0.15) is 0 Å². The van der Waals surface area contributed by atoms with Crippen LogP contribution in [0, 0.1) is 0 Å². The van der Waals surface area contributed by atoms with Gasteiger partial charge in [0, 0.05) is 12.6 Å². The van der Waals surface area contributed by atoms with Gasteiger partial charge in [0.05, 0.1) is 18.7 Å². The highest BCUT2D eigenvalue weighted by Gasteiger charge is 2.47. The summed E-state index contributed by atoms with van der Waals surface area (Å²) < 4.78 is 10.7. The van der Waals surface area contributed by atoms with Gasteiger partial charge >= 0.3 is 12.1 Å². The summed E-state index contributed by atoms with van der Waals surface area (Å²) in [6.07, 6.45) is 3.34. The van der Waals surface area contributed by atoms with E-state index >= 15 is 0 Å². The van der Waals surface area contributed by atoms with Crippen molar-refractivity contribution < 1.29 is 24.2 Å². The lowest BCUT2D eigenvalue weighted by molar-refractivity contribution is -0.136. The van der Waals surface area contributed by atoms with Crippen LogP contribution in [0.15, 0.2) is 29.8 Å². The maximum absolute atomic E-state index is 12.8. The summed E-state index contributed by atoms with van der Waals surface area (Å²) in [5.74, 6) is -0.386. The molecule has 0 saturated carbocycles. The minimum absolute atomic E-state index is 0.0207. The van der Waals surface area contributed by atoms with Crippen molar-refractivity contribution in [3.63, 3.8) is 0 Å². The molecule has 2 aliphatic heterocycles. The van der Waals surface area contributed by atoms with Gasteiger partial charge < -0.3 is 14.6 Å². The standard InChI is InChI=1S/C23H31NO5/c1-23(2,3)29-22(27)24-17-11-12-19(24)20(21(26)28-4)18(14-17)16-9-7-15(8-10-16)6-5-13-25/h7-10,17,19,25H,5-6,11-14H2,1-4H3. The predicted molar refractivity (Wildman–Crippen MR) is 110 cm³/mol. The quantitative estimate of drug-likeness (QED) is 0.761. The van der Waals surface area contributed by atoms with Crippen LogP contribution in [-0.2, 0) is 20.7 Å². The minimum atomic E-state index is -0.587. The van der Waals surface area contributed by atoms with E-state index in [1.165, 1.54) is 7.11 Å². The second-order valence-corrected chi connectivity index (χ2v) is 8.75. The lowest BCUT2D eigenvalue weighted by Crippen LogP contribution is -2.48. The zero-order valence-corrected chi connectivity index (χ0v) is 17.7. The fourth-order valence-corrected chi connectivity index (χ4v) is 4.30. The van der Waals surface area contributed by atoms with Crippen molar-refractivity contribution >= 4 is 17.6 Å². The summed E-state index contributed by atoms with van der Waals surface area (Å²) in [5.41, 5.74) is 3.07. The first kappa shape index (κ1) is 21.4. The van der Waals surface area contributed by atoms with Crippen molar-refractivity contribution in [2.45, 2.75) is 70.6 Å². The van der Waals surface area contributed by atoms with E-state index in [0.29, 0.717) is 12.0 Å². The normalized spacial score (nSPS) is 21.3. The molecule has 1 saturated heterocycles. The molecular weight excluding hydrogens is 370 g/mol. The number of amides is 1. The molecule has 3 rings (SSSR count). The lowest BCUT2D eigenvalue weighted by atomic mass is 9.88. The minimum Gasteiger partial charge on any atom is -0.466 e. The smallest absolute Gasteiger partial charge is 0.411 e. The van der Waals surface area contributed by atoms with Gasteiger partial charge in [-0.15, -0.1) is 0 Å². The fourth-order valence-electron chi connectivity index (χ4n) is 4.30. The number of carbonyl (C=O) groups is 2. The van der Waals surface area contributed by atoms with E-state index in [4.69, 9.17) is 14.6 Å². The summed E-state index contributed by atoms with van der Waals surface area (Å²) in [7, 11) is 1.38. The molecule has 6 heteroatoms. The zero-order valence-electron chi connectivity index (χ0n) is 17.7. The summed E-state index contributed by atoms with van der Waals surface area (Å²) in [6, 6.07) is 7.82. The number of hydrogen-bond donors (Lipinski definition) is 1. The Bertz CT molecular complexity index is 790. The molecule has 1 aromatic rings. The Hall–Kier alpha value is -2.34. The van der Waals surface area contributed by atoms with Crippen LogP contribution in [0.4, 0.5) is 4.79 Å². The van der Waals surface area contributed by atoms with Crippen LogP contribution in [0.3, 0.4) is 0 Å². The van der Waals surface area contributed by atoms with Crippen LogP contribution in [-0.4, -0.2) is 53.5 Å². The Labute approximate surface area is 172 Å². The van der Waals surface area contributed by atoms with Gasteiger partial charge in [0.25, 0.3) is 0 Å². The topological polar surface area (TPSA) is 76.1 Å². The molecule has 1 fully saturated rings. The van der Waals surface area contributed by atoms with E-state index < -0.39 is 5.60 Å². The number of methoxy groups -OCH3 is 1. The maximum atomic E-state index is 12.8. The van der Waals surface area contributed by atoms with E-state index in [0.717, 1.165) is 42.4 Å². The first-order valence-corrected chi connectivity index (χ1v) is 10.3. The number of aryl methyl sites for hydroxylation is 1. The number of carbonyl (C=O) groups excluding carboxylic acids is 2. The second kappa shape index (κ2) is 8.57. The average molecular weight is 402 g/mol. The Morgan fingerprint density at radius 1 is 1.17 bits per heavy atom. The molecule has 2 unspecified atom stereocenters. The summed E-state index contributed by atoms with van der Waals surface area (Å²) in [6.45, 7) is 5.70. The summed E-state index contributed by atoms with van der Waals surface area (Å²) >= 11 is 0. The molecule has 0 aliphatic carbocycles. The third kappa shape index (κ3) is 4.64. The predicted octanol–water partition coefficient (Wildman–Crippen LogP) is 3.71. The number of esters is 1. The molecule has 6 nitrogen and oxygen atoms in total. The van der Waals surface area contributed by atoms with Crippen molar-refractivity contribution in [1.82, 2.24) is 4.90 Å². The molecule has 2 aliphatic rings. The van der Waals surface area contributed by atoms with Gasteiger partial charge in [-0.25, -0.2) is 9.59 Å². The van der Waals surface area contributed by atoms with E-state index in [2.05, 4.69) is 0 Å². The van der Waals surface area contributed by atoms with Crippen LogP contribution in [0.1, 0.15) is 57.6 Å². The lowest BCUT2D eigenvalue weighted by Gasteiger charge is -2.38. The molecule has 0 radical (unpaired) electrons. The molecule has 2 heterocycles. The number of hydrogen-bond acceptors (Lipinski definition) is 5. The van der Waals surface area contributed by atoms with Crippen molar-refractivity contribution in [3.05, 3.63) is 41.0 Å². The monoisotopic (exact) mass is 401 g/mol. The van der Waals surface area contributed by atoms with Crippen molar-refractivity contribution in [2.75, 3.05) is 13.7 Å². The Balaban J connectivity index is 1.94. The van der Waals surface area contributed by atoms with Crippen LogP contribution >= 0.6 is 0 Å². The second-order valence-electron chi connectivity index (χ2n) is 8.75. The molecule has 0 spiro atoms. The molecule has 0 aromatic heterocycles. The average Bonchev–Trinajstić information content (AvgIpc) is 2.99. The van der Waals surface area contributed by atoms with Gasteiger partial charge in [-0.05, 0) is 69.6 Å². The van der Waals surface area contributed by atoms with Crippen LogP contribution in [0.2, 0.25) is 0 Å². The molecule has 29 heavy (non-hydrogen) atoms.